The van der Waals surface area contributed by atoms with Gasteiger partial charge >= 0.3 is 11.9 Å². The van der Waals surface area contributed by atoms with Crippen molar-refractivity contribution in [2.45, 2.75) is 45.3 Å². The fourth-order valence-electron chi connectivity index (χ4n) is 3.99. The van der Waals surface area contributed by atoms with Crippen LogP contribution in [0.25, 0.3) is 0 Å². The van der Waals surface area contributed by atoms with Crippen LogP contribution in [0.1, 0.15) is 49.4 Å². The monoisotopic (exact) mass is 465 g/mol. The van der Waals surface area contributed by atoms with Crippen molar-refractivity contribution >= 4 is 17.6 Å². The molecule has 1 heterocycles. The van der Waals surface area contributed by atoms with E-state index in [0.717, 1.165) is 37.9 Å². The number of anilines is 1. The standard InChI is InChI=1S/C26H31N3O5/c1-3-18-13-20(25(26(31)32)28-21-7-5-19(16-27)6-8-21)15-23(14-18)34-22-9-11-29(12-10-22)17-24(30)33-4-2/h5-8,13-15,22,25,28H,3-4,9-12,17H2,1-2H3,(H,31,32). The first-order valence-electron chi connectivity index (χ1n) is 11.6. The van der Waals surface area contributed by atoms with Crippen molar-refractivity contribution in [1.29, 1.82) is 5.26 Å². The van der Waals surface area contributed by atoms with E-state index in [1.165, 1.54) is 0 Å². The third kappa shape index (κ3) is 6.96. The van der Waals surface area contributed by atoms with E-state index in [1.807, 2.05) is 19.1 Å². The van der Waals surface area contributed by atoms with Gasteiger partial charge in [0.05, 0.1) is 24.8 Å². The number of nitrogens with one attached hydrogen (secondary N) is 1. The van der Waals surface area contributed by atoms with Gasteiger partial charge in [-0.3, -0.25) is 9.69 Å². The van der Waals surface area contributed by atoms with E-state index >= 15 is 0 Å². The fraction of sp³-hybridized carbons (Fsp3) is 0.423. The third-order valence-electron chi connectivity index (χ3n) is 5.80. The summed E-state index contributed by atoms with van der Waals surface area (Å²) < 4.78 is 11.3. The van der Waals surface area contributed by atoms with E-state index in [2.05, 4.69) is 16.3 Å². The van der Waals surface area contributed by atoms with Gasteiger partial charge in [-0.25, -0.2) is 4.79 Å². The number of carboxylic acids is 1. The predicted molar refractivity (Wildman–Crippen MR) is 128 cm³/mol. The number of carboxylic acid groups (broad SMARTS) is 1. The lowest BCUT2D eigenvalue weighted by molar-refractivity contribution is -0.145. The SMILES string of the molecule is CCOC(=O)CN1CCC(Oc2cc(CC)cc(C(Nc3ccc(C#N)cc3)C(=O)O)c2)CC1. The summed E-state index contributed by atoms with van der Waals surface area (Å²) in [5, 5.41) is 21.9. The molecule has 1 atom stereocenters. The number of ether oxygens (including phenoxy) is 2. The highest BCUT2D eigenvalue weighted by atomic mass is 16.5. The smallest absolute Gasteiger partial charge is 0.330 e. The van der Waals surface area contributed by atoms with Gasteiger partial charge < -0.3 is 19.9 Å². The van der Waals surface area contributed by atoms with Crippen LogP contribution in [0, 0.1) is 11.3 Å². The summed E-state index contributed by atoms with van der Waals surface area (Å²) in [4.78, 5) is 25.9. The summed E-state index contributed by atoms with van der Waals surface area (Å²) in [5.41, 5.74) is 2.71. The van der Waals surface area contributed by atoms with Crippen molar-refractivity contribution in [3.8, 4) is 11.8 Å². The molecule has 0 spiro atoms. The minimum absolute atomic E-state index is 0.00633. The number of rotatable bonds is 10. The molecule has 2 aromatic rings. The summed E-state index contributed by atoms with van der Waals surface area (Å²) >= 11 is 0. The van der Waals surface area contributed by atoms with Crippen LogP contribution in [-0.2, 0) is 20.7 Å². The number of hydrogen-bond acceptors (Lipinski definition) is 7. The van der Waals surface area contributed by atoms with Gasteiger partial charge in [-0.05, 0) is 73.7 Å². The largest absolute Gasteiger partial charge is 0.490 e. The lowest BCUT2D eigenvalue weighted by Crippen LogP contribution is -2.41. The van der Waals surface area contributed by atoms with E-state index < -0.39 is 12.0 Å². The summed E-state index contributed by atoms with van der Waals surface area (Å²) in [7, 11) is 0. The van der Waals surface area contributed by atoms with Crippen LogP contribution in [0.5, 0.6) is 5.75 Å². The predicted octanol–water partition coefficient (Wildman–Crippen LogP) is 3.76. The van der Waals surface area contributed by atoms with Gasteiger partial charge in [0.1, 0.15) is 11.9 Å². The van der Waals surface area contributed by atoms with E-state index in [4.69, 9.17) is 14.7 Å². The topological polar surface area (TPSA) is 112 Å². The number of nitrogens with zero attached hydrogens (tertiary/aromatic N) is 2. The molecule has 0 aliphatic carbocycles. The van der Waals surface area contributed by atoms with Gasteiger partial charge in [0.15, 0.2) is 6.04 Å². The quantitative estimate of drug-likeness (QED) is 0.510. The first-order valence-corrected chi connectivity index (χ1v) is 11.6. The highest BCUT2D eigenvalue weighted by Gasteiger charge is 2.24. The van der Waals surface area contributed by atoms with Gasteiger partial charge in [0.2, 0.25) is 0 Å². The second kappa shape index (κ2) is 12.1. The highest BCUT2D eigenvalue weighted by molar-refractivity contribution is 5.79. The molecule has 34 heavy (non-hydrogen) atoms. The van der Waals surface area contributed by atoms with Gasteiger partial charge in [-0.1, -0.05) is 13.0 Å². The van der Waals surface area contributed by atoms with Crippen LogP contribution >= 0.6 is 0 Å². The Morgan fingerprint density at radius 2 is 1.88 bits per heavy atom. The summed E-state index contributed by atoms with van der Waals surface area (Å²) in [6.07, 6.45) is 2.28. The van der Waals surface area contributed by atoms with Crippen molar-refractivity contribution < 1.29 is 24.2 Å². The minimum atomic E-state index is -1.00. The zero-order valence-corrected chi connectivity index (χ0v) is 19.6. The Hall–Kier alpha value is -3.57. The number of carbonyl (C=O) groups excluding carboxylic acids is 1. The number of esters is 1. The summed E-state index contributed by atoms with van der Waals surface area (Å²) in [6.45, 7) is 5.96. The number of aliphatic carboxylic acids is 1. The molecule has 0 aromatic heterocycles. The number of benzene rings is 2. The lowest BCUT2D eigenvalue weighted by Gasteiger charge is -2.31. The Bertz CT molecular complexity index is 1020. The van der Waals surface area contributed by atoms with Gasteiger partial charge in [0.25, 0.3) is 0 Å². The fourth-order valence-corrected chi connectivity index (χ4v) is 3.99. The number of carbonyl (C=O) groups is 2. The van der Waals surface area contributed by atoms with Gasteiger partial charge in [-0.2, -0.15) is 5.26 Å². The molecular formula is C26H31N3O5. The first kappa shape index (κ1) is 25.1. The molecule has 2 aromatic carbocycles. The number of nitriles is 1. The molecule has 2 N–H and O–H groups in total. The second-order valence-corrected chi connectivity index (χ2v) is 8.27. The molecule has 0 radical (unpaired) electrons. The van der Waals surface area contributed by atoms with Crippen LogP contribution in [0.3, 0.4) is 0 Å². The number of aryl methyl sites for hydroxylation is 1. The average molecular weight is 466 g/mol. The zero-order valence-electron chi connectivity index (χ0n) is 19.6. The maximum absolute atomic E-state index is 12.1. The maximum Gasteiger partial charge on any atom is 0.330 e. The molecular weight excluding hydrogens is 434 g/mol. The van der Waals surface area contributed by atoms with E-state index in [9.17, 15) is 14.7 Å². The van der Waals surface area contributed by atoms with Crippen LogP contribution < -0.4 is 10.1 Å². The molecule has 0 bridgehead atoms. The van der Waals surface area contributed by atoms with E-state index in [0.29, 0.717) is 29.2 Å². The Kier molecular flexibility index (Phi) is 8.88. The first-order chi connectivity index (χ1) is 16.4. The van der Waals surface area contributed by atoms with Crippen LogP contribution in [0.4, 0.5) is 5.69 Å². The molecule has 1 aliphatic rings. The van der Waals surface area contributed by atoms with E-state index in [-0.39, 0.29) is 18.6 Å². The van der Waals surface area contributed by atoms with Crippen molar-refractivity contribution in [3.05, 3.63) is 59.2 Å². The molecule has 1 unspecified atom stereocenters. The minimum Gasteiger partial charge on any atom is -0.490 e. The molecule has 180 valence electrons. The molecule has 0 saturated carbocycles. The number of likely N-dealkylation sites (tertiary alicyclic amines) is 1. The zero-order chi connectivity index (χ0) is 24.5. The Morgan fingerprint density at radius 1 is 1.18 bits per heavy atom. The second-order valence-electron chi connectivity index (χ2n) is 8.27. The molecule has 0 amide bonds. The Morgan fingerprint density at radius 3 is 2.47 bits per heavy atom. The highest BCUT2D eigenvalue weighted by Crippen LogP contribution is 2.28. The molecule has 8 nitrogen and oxygen atoms in total. The summed E-state index contributed by atoms with van der Waals surface area (Å²) in [5.74, 6) is -0.571. The molecule has 1 saturated heterocycles. The normalized spacial score (nSPS) is 15.2. The third-order valence-corrected chi connectivity index (χ3v) is 5.80. The van der Waals surface area contributed by atoms with Gasteiger partial charge in [-0.15, -0.1) is 0 Å². The van der Waals surface area contributed by atoms with Crippen molar-refractivity contribution in [2.75, 3.05) is 31.6 Å². The maximum atomic E-state index is 12.1. The molecule has 1 fully saturated rings. The average Bonchev–Trinajstić information content (AvgIpc) is 2.83. The number of piperidine rings is 1. The van der Waals surface area contributed by atoms with Crippen molar-refractivity contribution in [3.63, 3.8) is 0 Å². The lowest BCUT2D eigenvalue weighted by atomic mass is 10.0. The van der Waals surface area contributed by atoms with Crippen LogP contribution in [0.15, 0.2) is 42.5 Å². The van der Waals surface area contributed by atoms with Crippen LogP contribution in [0.2, 0.25) is 0 Å². The summed E-state index contributed by atoms with van der Waals surface area (Å²) in [6, 6.07) is 13.4. The van der Waals surface area contributed by atoms with Crippen molar-refractivity contribution in [2.24, 2.45) is 0 Å². The number of hydrogen-bond donors (Lipinski definition) is 2. The Balaban J connectivity index is 1.70. The molecule has 1 aliphatic heterocycles. The Labute approximate surface area is 200 Å². The van der Waals surface area contributed by atoms with E-state index in [1.54, 1.807) is 37.3 Å². The van der Waals surface area contributed by atoms with Gasteiger partial charge in [0, 0.05) is 18.8 Å². The van der Waals surface area contributed by atoms with Crippen molar-refractivity contribution in [1.82, 2.24) is 4.90 Å². The molecule has 3 rings (SSSR count). The molecule has 8 heteroatoms. The van der Waals surface area contributed by atoms with Crippen LogP contribution in [-0.4, -0.2) is 54.3 Å².